The Morgan fingerprint density at radius 2 is 1.88 bits per heavy atom. The van der Waals surface area contributed by atoms with Gasteiger partial charge in [0.1, 0.15) is 11.4 Å². The van der Waals surface area contributed by atoms with Crippen LogP contribution in [-0.2, 0) is 0 Å². The predicted molar refractivity (Wildman–Crippen MR) is 87.7 cm³/mol. The third-order valence-electron chi connectivity index (χ3n) is 3.50. The topological polar surface area (TPSA) is 61.8 Å². The summed E-state index contributed by atoms with van der Waals surface area (Å²) in [5, 5.41) is 11.4. The first-order chi connectivity index (χ1) is 11.5. The Morgan fingerprint density at radius 3 is 2.46 bits per heavy atom. The lowest BCUT2D eigenvalue weighted by molar-refractivity contribution is 0.101. The van der Waals surface area contributed by atoms with Gasteiger partial charge in [-0.25, -0.2) is 8.78 Å². The molecular weight excluding hydrogens is 318 g/mol. The third kappa shape index (κ3) is 3.80. The number of aliphatic hydroxyl groups is 1. The molecule has 2 aromatic rings. The summed E-state index contributed by atoms with van der Waals surface area (Å²) >= 11 is 0. The summed E-state index contributed by atoms with van der Waals surface area (Å²) < 4.78 is 32.6. The predicted octanol–water partition coefficient (Wildman–Crippen LogP) is 2.65. The number of benzene rings is 2. The highest BCUT2D eigenvalue weighted by atomic mass is 19.1. The number of ether oxygens (including phenoxy) is 1. The fraction of sp³-hybridized carbons (Fsp3) is 0.235. The number of halogens is 2. The van der Waals surface area contributed by atoms with Crippen LogP contribution < -0.4 is 15.0 Å². The molecule has 1 amide bonds. The van der Waals surface area contributed by atoms with Crippen molar-refractivity contribution in [3.8, 4) is 5.75 Å². The van der Waals surface area contributed by atoms with E-state index in [-0.39, 0.29) is 12.4 Å². The molecule has 0 radical (unpaired) electrons. The summed E-state index contributed by atoms with van der Waals surface area (Å²) in [6.45, 7) is 0.481. The number of likely N-dealkylation sites (N-methyl/N-ethyl adjacent to an activating group) is 1. The van der Waals surface area contributed by atoms with E-state index in [1.165, 1.54) is 7.11 Å². The summed E-state index contributed by atoms with van der Waals surface area (Å²) in [6.07, 6.45) is 0. The van der Waals surface area contributed by atoms with Gasteiger partial charge in [-0.1, -0.05) is 0 Å². The molecule has 0 spiro atoms. The number of aliphatic hydroxyl groups excluding tert-OH is 1. The van der Waals surface area contributed by atoms with Gasteiger partial charge >= 0.3 is 0 Å². The van der Waals surface area contributed by atoms with Gasteiger partial charge in [-0.2, -0.15) is 0 Å². The van der Waals surface area contributed by atoms with Crippen molar-refractivity contribution in [2.24, 2.45) is 0 Å². The molecule has 5 nitrogen and oxygen atoms in total. The molecule has 2 N–H and O–H groups in total. The van der Waals surface area contributed by atoms with Gasteiger partial charge in [0, 0.05) is 25.0 Å². The highest BCUT2D eigenvalue weighted by Crippen LogP contribution is 2.24. The molecule has 0 saturated carbocycles. The fourth-order valence-electron chi connectivity index (χ4n) is 2.17. The normalized spacial score (nSPS) is 10.4. The van der Waals surface area contributed by atoms with Crippen molar-refractivity contribution in [3.05, 3.63) is 53.6 Å². The molecule has 24 heavy (non-hydrogen) atoms. The van der Waals surface area contributed by atoms with Gasteiger partial charge in [0.15, 0.2) is 11.6 Å². The molecule has 7 heteroatoms. The second kappa shape index (κ2) is 7.74. The van der Waals surface area contributed by atoms with E-state index in [0.717, 1.165) is 17.8 Å². The number of hydrogen-bond acceptors (Lipinski definition) is 4. The van der Waals surface area contributed by atoms with Gasteiger partial charge in [0.25, 0.3) is 5.91 Å². The Balaban J connectivity index is 2.18. The van der Waals surface area contributed by atoms with Gasteiger partial charge in [-0.15, -0.1) is 0 Å². The molecule has 0 aliphatic carbocycles. The average molecular weight is 336 g/mol. The molecule has 0 atom stereocenters. The van der Waals surface area contributed by atoms with Crippen LogP contribution in [0.15, 0.2) is 36.4 Å². The SMILES string of the molecule is COc1ccc(F)c(C(=O)Nc2ccc(N(C)CCO)cc2)c1F. The Bertz CT molecular complexity index is 721. The summed E-state index contributed by atoms with van der Waals surface area (Å²) in [7, 11) is 3.05. The minimum absolute atomic E-state index is 0.0172. The van der Waals surface area contributed by atoms with E-state index in [1.807, 2.05) is 11.9 Å². The van der Waals surface area contributed by atoms with E-state index in [9.17, 15) is 13.6 Å². The van der Waals surface area contributed by atoms with Crippen molar-refractivity contribution < 1.29 is 23.4 Å². The van der Waals surface area contributed by atoms with Crippen LogP contribution in [0.1, 0.15) is 10.4 Å². The van der Waals surface area contributed by atoms with Gasteiger partial charge in [0.2, 0.25) is 0 Å². The molecule has 0 unspecified atom stereocenters. The van der Waals surface area contributed by atoms with Crippen LogP contribution in [0.4, 0.5) is 20.2 Å². The van der Waals surface area contributed by atoms with Crippen LogP contribution in [0.3, 0.4) is 0 Å². The number of amides is 1. The summed E-state index contributed by atoms with van der Waals surface area (Å²) in [5.74, 6) is -3.12. The number of methoxy groups -OCH3 is 1. The zero-order valence-electron chi connectivity index (χ0n) is 13.3. The van der Waals surface area contributed by atoms with Crippen molar-refractivity contribution in [2.45, 2.75) is 0 Å². The largest absolute Gasteiger partial charge is 0.494 e. The maximum Gasteiger partial charge on any atom is 0.261 e. The lowest BCUT2D eigenvalue weighted by Crippen LogP contribution is -2.21. The van der Waals surface area contributed by atoms with Gasteiger partial charge in [-0.3, -0.25) is 4.79 Å². The van der Waals surface area contributed by atoms with Gasteiger partial charge in [0.05, 0.1) is 13.7 Å². The Hall–Kier alpha value is -2.67. The maximum absolute atomic E-state index is 14.1. The molecular formula is C17H18F2N2O3. The van der Waals surface area contributed by atoms with Crippen molar-refractivity contribution >= 4 is 17.3 Å². The van der Waals surface area contributed by atoms with Crippen LogP contribution in [0.25, 0.3) is 0 Å². The maximum atomic E-state index is 14.1. The molecule has 2 rings (SSSR count). The van der Waals surface area contributed by atoms with Crippen LogP contribution in [0.2, 0.25) is 0 Å². The highest BCUT2D eigenvalue weighted by molar-refractivity contribution is 6.05. The second-order valence-electron chi connectivity index (χ2n) is 5.08. The number of anilines is 2. The van der Waals surface area contributed by atoms with Crippen LogP contribution in [0, 0.1) is 11.6 Å². The molecule has 128 valence electrons. The monoisotopic (exact) mass is 336 g/mol. The highest BCUT2D eigenvalue weighted by Gasteiger charge is 2.21. The first-order valence-corrected chi connectivity index (χ1v) is 7.23. The zero-order valence-corrected chi connectivity index (χ0v) is 13.3. The van der Waals surface area contributed by atoms with Crippen LogP contribution >= 0.6 is 0 Å². The standard InChI is InChI=1S/C17H18F2N2O3/c1-21(9-10-22)12-5-3-11(4-6-12)20-17(23)15-13(18)7-8-14(24-2)16(15)19/h3-8,22H,9-10H2,1-2H3,(H,20,23). The third-order valence-corrected chi connectivity index (χ3v) is 3.50. The van der Waals surface area contributed by atoms with Crippen molar-refractivity contribution in [1.29, 1.82) is 0 Å². The quantitative estimate of drug-likeness (QED) is 0.851. The van der Waals surface area contributed by atoms with Crippen LogP contribution in [-0.4, -0.2) is 38.3 Å². The van der Waals surface area contributed by atoms with E-state index in [4.69, 9.17) is 9.84 Å². The van der Waals surface area contributed by atoms with E-state index in [1.54, 1.807) is 24.3 Å². The average Bonchev–Trinajstić information content (AvgIpc) is 2.56. The fourth-order valence-corrected chi connectivity index (χ4v) is 2.17. The van der Waals surface area contributed by atoms with Crippen molar-refractivity contribution in [1.82, 2.24) is 0 Å². The van der Waals surface area contributed by atoms with E-state index in [0.29, 0.717) is 12.2 Å². The van der Waals surface area contributed by atoms with Crippen LogP contribution in [0.5, 0.6) is 5.75 Å². The molecule has 0 saturated heterocycles. The minimum atomic E-state index is -1.05. The zero-order chi connectivity index (χ0) is 17.7. The number of nitrogens with zero attached hydrogens (tertiary/aromatic N) is 1. The number of nitrogens with one attached hydrogen (secondary N) is 1. The Kier molecular flexibility index (Phi) is 5.70. The second-order valence-corrected chi connectivity index (χ2v) is 5.08. The van der Waals surface area contributed by atoms with Gasteiger partial charge in [-0.05, 0) is 36.4 Å². The summed E-state index contributed by atoms with van der Waals surface area (Å²) in [4.78, 5) is 14.0. The molecule has 0 bridgehead atoms. The molecule has 0 aliphatic heterocycles. The number of rotatable bonds is 6. The van der Waals surface area contributed by atoms with E-state index < -0.39 is 23.1 Å². The first kappa shape index (κ1) is 17.7. The first-order valence-electron chi connectivity index (χ1n) is 7.23. The summed E-state index contributed by atoms with van der Waals surface area (Å²) in [5.41, 5.74) is 0.527. The Labute approximate surface area is 138 Å². The van der Waals surface area contributed by atoms with Gasteiger partial charge < -0.3 is 20.1 Å². The summed E-state index contributed by atoms with van der Waals surface area (Å²) in [6, 6.07) is 8.76. The lowest BCUT2D eigenvalue weighted by Gasteiger charge is -2.18. The minimum Gasteiger partial charge on any atom is -0.494 e. The number of hydrogen-bond donors (Lipinski definition) is 2. The lowest BCUT2D eigenvalue weighted by atomic mass is 10.1. The molecule has 2 aromatic carbocycles. The van der Waals surface area contributed by atoms with E-state index in [2.05, 4.69) is 5.32 Å². The number of carbonyl (C=O) groups excluding carboxylic acids is 1. The molecule has 0 fully saturated rings. The smallest absolute Gasteiger partial charge is 0.261 e. The molecule has 0 aromatic heterocycles. The van der Waals surface area contributed by atoms with Crippen molar-refractivity contribution in [2.75, 3.05) is 37.5 Å². The van der Waals surface area contributed by atoms with Crippen molar-refractivity contribution in [3.63, 3.8) is 0 Å². The Morgan fingerprint density at radius 1 is 1.21 bits per heavy atom. The van der Waals surface area contributed by atoms with E-state index >= 15 is 0 Å². The molecule has 0 aliphatic rings. The number of carbonyl (C=O) groups is 1. The molecule has 0 heterocycles.